The number of aryl methyl sites for hydroxylation is 2. The number of methoxy groups -OCH3 is 1. The van der Waals surface area contributed by atoms with Crippen molar-refractivity contribution in [3.63, 3.8) is 0 Å². The van der Waals surface area contributed by atoms with Crippen molar-refractivity contribution in [1.29, 1.82) is 0 Å². The molecule has 0 saturated carbocycles. The fourth-order valence-corrected chi connectivity index (χ4v) is 6.28. The third-order valence-electron chi connectivity index (χ3n) is 5.77. The highest BCUT2D eigenvalue weighted by Gasteiger charge is 2.26. The highest BCUT2D eigenvalue weighted by atomic mass is 32.2. The molecule has 1 heterocycles. The highest BCUT2D eigenvalue weighted by Crippen LogP contribution is 2.38. The predicted octanol–water partition coefficient (Wildman–Crippen LogP) is 5.17. The van der Waals surface area contributed by atoms with Crippen molar-refractivity contribution in [1.82, 2.24) is 0 Å². The van der Waals surface area contributed by atoms with Crippen molar-refractivity contribution in [2.45, 2.75) is 43.9 Å². The van der Waals surface area contributed by atoms with Crippen LogP contribution in [0.1, 0.15) is 56.0 Å². The summed E-state index contributed by atoms with van der Waals surface area (Å²) in [5.74, 6) is -0.829. The van der Waals surface area contributed by atoms with Gasteiger partial charge < -0.3 is 10.1 Å². The number of esters is 1. The molecule has 0 fully saturated rings. The number of carbonyl (C=O) groups is 2. The largest absolute Gasteiger partial charge is 0.465 e. The zero-order valence-electron chi connectivity index (χ0n) is 19.0. The first-order valence-electron chi connectivity index (χ1n) is 11.0. The number of fused-ring (bicyclic) bond motifs is 1. The number of amides is 1. The minimum absolute atomic E-state index is 0.160. The van der Waals surface area contributed by atoms with E-state index in [4.69, 9.17) is 4.74 Å². The third kappa shape index (κ3) is 5.15. The van der Waals surface area contributed by atoms with Crippen LogP contribution in [0.2, 0.25) is 0 Å². The number of ether oxygens (including phenoxy) is 1. The average molecular weight is 499 g/mol. The van der Waals surface area contributed by atoms with Gasteiger partial charge in [0.05, 0.1) is 17.6 Å². The molecular weight excluding hydrogens is 472 g/mol. The fourth-order valence-electron chi connectivity index (χ4n) is 3.95. The summed E-state index contributed by atoms with van der Waals surface area (Å²) in [5, 5.41) is 3.35. The van der Waals surface area contributed by atoms with Crippen molar-refractivity contribution in [2.24, 2.45) is 0 Å². The number of anilines is 2. The summed E-state index contributed by atoms with van der Waals surface area (Å²) in [4.78, 5) is 26.7. The maximum atomic E-state index is 12.9. The minimum Gasteiger partial charge on any atom is -0.465 e. The number of carbonyl (C=O) groups excluding carboxylic acids is 2. The molecule has 0 bridgehead atoms. The topological polar surface area (TPSA) is 102 Å². The lowest BCUT2D eigenvalue weighted by molar-refractivity contribution is 0.0601. The lowest BCUT2D eigenvalue weighted by Gasteiger charge is -2.10. The Morgan fingerprint density at radius 3 is 2.29 bits per heavy atom. The van der Waals surface area contributed by atoms with E-state index < -0.39 is 16.0 Å². The molecule has 9 heteroatoms. The molecule has 0 aliphatic heterocycles. The maximum Gasteiger partial charge on any atom is 0.341 e. The Kier molecular flexibility index (Phi) is 7.04. The van der Waals surface area contributed by atoms with Gasteiger partial charge in [-0.05, 0) is 74.6 Å². The predicted molar refractivity (Wildman–Crippen MR) is 133 cm³/mol. The van der Waals surface area contributed by atoms with Gasteiger partial charge in [-0.3, -0.25) is 9.52 Å². The minimum atomic E-state index is -3.74. The highest BCUT2D eigenvalue weighted by molar-refractivity contribution is 7.92. The second kappa shape index (κ2) is 9.99. The van der Waals surface area contributed by atoms with Crippen LogP contribution in [0.25, 0.3) is 0 Å². The summed E-state index contributed by atoms with van der Waals surface area (Å²) in [6, 6.07) is 12.7. The summed E-state index contributed by atoms with van der Waals surface area (Å²) in [7, 11) is -2.40. The molecule has 0 atom stereocenters. The maximum absolute atomic E-state index is 12.9. The van der Waals surface area contributed by atoms with Crippen LogP contribution in [0.15, 0.2) is 53.4 Å². The smallest absolute Gasteiger partial charge is 0.341 e. The number of nitrogens with one attached hydrogen (secondary N) is 2. The van der Waals surface area contributed by atoms with Crippen molar-refractivity contribution in [3.05, 3.63) is 75.7 Å². The van der Waals surface area contributed by atoms with Crippen molar-refractivity contribution in [2.75, 3.05) is 17.1 Å². The number of benzene rings is 2. The summed E-state index contributed by atoms with van der Waals surface area (Å²) < 4.78 is 32.7. The Morgan fingerprint density at radius 1 is 0.941 bits per heavy atom. The van der Waals surface area contributed by atoms with Gasteiger partial charge in [-0.25, -0.2) is 13.2 Å². The average Bonchev–Trinajstić information content (AvgIpc) is 2.99. The third-order valence-corrected chi connectivity index (χ3v) is 8.37. The van der Waals surface area contributed by atoms with Gasteiger partial charge in [0.15, 0.2) is 0 Å². The number of thiophene rings is 1. The lowest BCUT2D eigenvalue weighted by Crippen LogP contribution is -2.15. The molecule has 0 spiro atoms. The molecule has 2 N–H and O–H groups in total. The molecule has 0 saturated heterocycles. The van der Waals surface area contributed by atoms with Crippen molar-refractivity contribution < 1.29 is 22.7 Å². The second-order valence-electron chi connectivity index (χ2n) is 8.21. The van der Waals surface area contributed by atoms with E-state index in [1.54, 1.807) is 36.4 Å². The van der Waals surface area contributed by atoms with E-state index in [1.807, 2.05) is 6.92 Å². The standard InChI is InChI=1S/C25H26N2O5S2/c1-16-8-14-19(15-9-16)34(30,31)27-18-12-10-17(11-13-18)23(28)26-24-22(25(29)32-2)20-6-4-3-5-7-21(20)33-24/h8-15,27H,3-7H2,1-2H3,(H,26,28). The first-order valence-corrected chi connectivity index (χ1v) is 13.3. The summed E-state index contributed by atoms with van der Waals surface area (Å²) in [5.41, 5.74) is 3.07. The van der Waals surface area contributed by atoms with Gasteiger partial charge in [0.25, 0.3) is 15.9 Å². The Morgan fingerprint density at radius 2 is 1.62 bits per heavy atom. The Bertz CT molecular complexity index is 1310. The van der Waals surface area contributed by atoms with Gasteiger partial charge in [-0.15, -0.1) is 11.3 Å². The molecule has 0 radical (unpaired) electrons. The molecule has 1 aliphatic carbocycles. The van der Waals surface area contributed by atoms with E-state index in [9.17, 15) is 18.0 Å². The van der Waals surface area contributed by atoms with E-state index in [0.717, 1.165) is 48.1 Å². The van der Waals surface area contributed by atoms with Crippen LogP contribution in [0.5, 0.6) is 0 Å². The van der Waals surface area contributed by atoms with E-state index in [-0.39, 0.29) is 10.8 Å². The molecule has 1 aromatic heterocycles. The number of hydrogen-bond donors (Lipinski definition) is 2. The first kappa shape index (κ1) is 24.0. The molecule has 4 rings (SSSR count). The quantitative estimate of drug-likeness (QED) is 0.361. The Labute approximate surface area is 203 Å². The van der Waals surface area contributed by atoms with E-state index in [0.29, 0.717) is 21.8 Å². The molecule has 3 aromatic rings. The van der Waals surface area contributed by atoms with E-state index in [1.165, 1.54) is 30.6 Å². The van der Waals surface area contributed by atoms with E-state index in [2.05, 4.69) is 10.0 Å². The van der Waals surface area contributed by atoms with Crippen LogP contribution in [-0.4, -0.2) is 27.4 Å². The number of sulfonamides is 1. The van der Waals surface area contributed by atoms with Crippen LogP contribution in [-0.2, 0) is 27.6 Å². The van der Waals surface area contributed by atoms with Gasteiger partial charge >= 0.3 is 5.97 Å². The first-order chi connectivity index (χ1) is 16.3. The molecular formula is C25H26N2O5S2. The van der Waals surface area contributed by atoms with Gasteiger partial charge in [-0.2, -0.15) is 0 Å². The van der Waals surface area contributed by atoms with Gasteiger partial charge in [-0.1, -0.05) is 24.1 Å². The normalized spacial score (nSPS) is 13.5. The van der Waals surface area contributed by atoms with Gasteiger partial charge in [0.2, 0.25) is 0 Å². The summed E-state index contributed by atoms with van der Waals surface area (Å²) >= 11 is 1.43. The van der Waals surface area contributed by atoms with E-state index >= 15 is 0 Å². The summed E-state index contributed by atoms with van der Waals surface area (Å²) in [6.45, 7) is 1.88. The van der Waals surface area contributed by atoms with Crippen molar-refractivity contribution in [3.8, 4) is 0 Å². The van der Waals surface area contributed by atoms with Crippen LogP contribution >= 0.6 is 11.3 Å². The van der Waals surface area contributed by atoms with Gasteiger partial charge in [0.1, 0.15) is 5.00 Å². The zero-order valence-corrected chi connectivity index (χ0v) is 20.6. The SMILES string of the molecule is COC(=O)c1c(NC(=O)c2ccc(NS(=O)(=O)c3ccc(C)cc3)cc2)sc2c1CCCCC2. The van der Waals surface area contributed by atoms with Crippen molar-refractivity contribution >= 4 is 43.9 Å². The summed E-state index contributed by atoms with van der Waals surface area (Å²) in [6.07, 6.45) is 4.85. The van der Waals surface area contributed by atoms with Gasteiger partial charge in [0, 0.05) is 16.1 Å². The molecule has 178 valence electrons. The Balaban J connectivity index is 1.51. The van der Waals surface area contributed by atoms with Crippen LogP contribution in [0, 0.1) is 6.92 Å². The molecule has 1 amide bonds. The van der Waals surface area contributed by atoms with Crippen LogP contribution < -0.4 is 10.0 Å². The number of rotatable bonds is 6. The monoisotopic (exact) mass is 498 g/mol. The fraction of sp³-hybridized carbons (Fsp3) is 0.280. The second-order valence-corrected chi connectivity index (χ2v) is 11.0. The lowest BCUT2D eigenvalue weighted by atomic mass is 10.1. The Hall–Kier alpha value is -3.17. The van der Waals surface area contributed by atoms with Crippen LogP contribution in [0.3, 0.4) is 0 Å². The molecule has 34 heavy (non-hydrogen) atoms. The van der Waals surface area contributed by atoms with Crippen LogP contribution in [0.4, 0.5) is 10.7 Å². The number of hydrogen-bond acceptors (Lipinski definition) is 6. The molecule has 2 aromatic carbocycles. The zero-order chi connectivity index (χ0) is 24.3. The molecule has 1 aliphatic rings. The molecule has 7 nitrogen and oxygen atoms in total. The molecule has 0 unspecified atom stereocenters.